The molecule has 4 rings (SSSR count). The Kier molecular flexibility index (Phi) is 4.62. The molecule has 26 heavy (non-hydrogen) atoms. The Morgan fingerprint density at radius 1 is 1.42 bits per heavy atom. The minimum Gasteiger partial charge on any atom is -0.385 e. The van der Waals surface area contributed by atoms with Crippen molar-refractivity contribution in [1.82, 2.24) is 24.9 Å². The molecule has 0 aliphatic heterocycles. The number of aromatic nitrogens is 4. The maximum Gasteiger partial charge on any atom is 0.290 e. The topological polar surface area (TPSA) is 81.4 Å². The molecule has 1 atom stereocenters. The molecule has 7 nitrogen and oxygen atoms in total. The van der Waals surface area contributed by atoms with E-state index in [2.05, 4.69) is 22.3 Å². The zero-order valence-electron chi connectivity index (χ0n) is 15.3. The molecule has 0 saturated carbocycles. The molecule has 3 aromatic heterocycles. The predicted octanol–water partition coefficient (Wildman–Crippen LogP) is 2.85. The monoisotopic (exact) mass is 373 g/mol. The first-order valence-electron chi connectivity index (χ1n) is 9.06. The lowest BCUT2D eigenvalue weighted by molar-refractivity contribution is 0.0938. The molecule has 3 heterocycles. The molecule has 8 heteroatoms. The van der Waals surface area contributed by atoms with Crippen molar-refractivity contribution < 1.29 is 9.53 Å². The van der Waals surface area contributed by atoms with Gasteiger partial charge in [-0.05, 0) is 44.1 Å². The van der Waals surface area contributed by atoms with Crippen molar-refractivity contribution in [2.45, 2.75) is 45.4 Å². The van der Waals surface area contributed by atoms with Gasteiger partial charge in [-0.15, -0.1) is 16.4 Å². The molecule has 1 N–H and O–H groups in total. The molecule has 0 bridgehead atoms. The van der Waals surface area contributed by atoms with E-state index in [1.807, 2.05) is 6.92 Å². The first kappa shape index (κ1) is 17.4. The molecule has 0 aromatic carbocycles. The van der Waals surface area contributed by atoms with Gasteiger partial charge in [0.05, 0.1) is 5.39 Å². The Labute approximate surface area is 155 Å². The number of nitrogens with one attached hydrogen (secondary N) is 1. The molecule has 0 radical (unpaired) electrons. The van der Waals surface area contributed by atoms with Crippen molar-refractivity contribution in [3.8, 4) is 0 Å². The lowest BCUT2D eigenvalue weighted by Gasteiger charge is -2.18. The van der Waals surface area contributed by atoms with Crippen LogP contribution in [-0.4, -0.2) is 45.8 Å². The summed E-state index contributed by atoms with van der Waals surface area (Å²) in [5.74, 6) is 1.19. The van der Waals surface area contributed by atoms with E-state index in [-0.39, 0.29) is 11.7 Å². The van der Waals surface area contributed by atoms with E-state index in [9.17, 15) is 4.79 Å². The Balaban J connectivity index is 1.77. The number of methoxy groups -OCH3 is 1. The van der Waals surface area contributed by atoms with Gasteiger partial charge >= 0.3 is 0 Å². The lowest BCUT2D eigenvalue weighted by Crippen LogP contribution is -2.26. The molecular formula is C18H23N5O2S. The van der Waals surface area contributed by atoms with Crippen molar-refractivity contribution in [2.24, 2.45) is 0 Å². The van der Waals surface area contributed by atoms with Crippen LogP contribution in [0, 0.1) is 6.92 Å². The number of thiophene rings is 1. The third kappa shape index (κ3) is 2.87. The SMILES string of the molecule is COCCCNC(=O)c1nc2c3c4c(sc3nc(C)n2n1)CCC[C@@H]4C. The maximum atomic E-state index is 12.4. The van der Waals surface area contributed by atoms with E-state index in [4.69, 9.17) is 9.72 Å². The molecular weight excluding hydrogens is 350 g/mol. The van der Waals surface area contributed by atoms with E-state index in [1.54, 1.807) is 23.0 Å². The predicted molar refractivity (Wildman–Crippen MR) is 101 cm³/mol. The van der Waals surface area contributed by atoms with Crippen LogP contribution in [0.25, 0.3) is 15.9 Å². The zero-order valence-corrected chi connectivity index (χ0v) is 16.2. The number of fused-ring (bicyclic) bond motifs is 5. The van der Waals surface area contributed by atoms with Crippen molar-refractivity contribution in [1.29, 1.82) is 0 Å². The van der Waals surface area contributed by atoms with E-state index in [0.717, 1.165) is 34.5 Å². The Bertz CT molecular complexity index is 977. The summed E-state index contributed by atoms with van der Waals surface area (Å²) in [7, 11) is 1.65. The summed E-state index contributed by atoms with van der Waals surface area (Å²) >= 11 is 1.76. The lowest BCUT2D eigenvalue weighted by atomic mass is 9.87. The molecule has 1 aliphatic rings. The van der Waals surface area contributed by atoms with Gasteiger partial charge in [0, 0.05) is 25.1 Å². The van der Waals surface area contributed by atoms with Gasteiger partial charge in [0.1, 0.15) is 10.7 Å². The van der Waals surface area contributed by atoms with Gasteiger partial charge in [-0.3, -0.25) is 4.79 Å². The molecule has 1 amide bonds. The number of aryl methyl sites for hydroxylation is 2. The third-order valence-corrected chi connectivity index (χ3v) is 6.11. The summed E-state index contributed by atoms with van der Waals surface area (Å²) in [6.07, 6.45) is 4.26. The number of nitrogens with zero attached hydrogens (tertiary/aromatic N) is 4. The third-order valence-electron chi connectivity index (χ3n) is 4.95. The molecule has 3 aromatic rings. The summed E-state index contributed by atoms with van der Waals surface area (Å²) in [6, 6.07) is 0. The average Bonchev–Trinajstić information content (AvgIpc) is 3.21. The van der Waals surface area contributed by atoms with Crippen molar-refractivity contribution in [3.05, 3.63) is 22.1 Å². The van der Waals surface area contributed by atoms with Gasteiger partial charge in [-0.2, -0.15) is 4.52 Å². The number of rotatable bonds is 5. The highest BCUT2D eigenvalue weighted by atomic mass is 32.1. The Morgan fingerprint density at radius 2 is 2.27 bits per heavy atom. The zero-order chi connectivity index (χ0) is 18.3. The van der Waals surface area contributed by atoms with Crippen LogP contribution >= 0.6 is 11.3 Å². The van der Waals surface area contributed by atoms with Crippen molar-refractivity contribution in [2.75, 3.05) is 20.3 Å². The first-order chi connectivity index (χ1) is 12.6. The highest BCUT2D eigenvalue weighted by Crippen LogP contribution is 2.42. The van der Waals surface area contributed by atoms with Crippen molar-refractivity contribution >= 4 is 33.1 Å². The standard InChI is InChI=1S/C18H23N5O2S/c1-10-6-4-7-12-13(10)14-16-21-15(17(24)19-8-5-9-25-3)22-23(16)11(2)20-18(14)26-12/h10H,4-9H2,1-3H3,(H,19,24)/t10-/m0/s1. The van der Waals surface area contributed by atoms with Gasteiger partial charge < -0.3 is 10.1 Å². The van der Waals surface area contributed by atoms with Gasteiger partial charge in [-0.25, -0.2) is 9.97 Å². The van der Waals surface area contributed by atoms with Crippen molar-refractivity contribution in [3.63, 3.8) is 0 Å². The minimum atomic E-state index is -0.255. The number of carbonyl (C=O) groups excluding carboxylic acids is 1. The number of hydrogen-bond donors (Lipinski definition) is 1. The molecule has 0 spiro atoms. The number of carbonyl (C=O) groups is 1. The number of amides is 1. The highest BCUT2D eigenvalue weighted by molar-refractivity contribution is 7.19. The van der Waals surface area contributed by atoms with Gasteiger partial charge in [0.15, 0.2) is 5.65 Å². The Hall–Kier alpha value is -2.06. The van der Waals surface area contributed by atoms with Gasteiger partial charge in [0.2, 0.25) is 5.82 Å². The summed E-state index contributed by atoms with van der Waals surface area (Å²) < 4.78 is 6.71. The second kappa shape index (κ2) is 6.92. The highest BCUT2D eigenvalue weighted by Gasteiger charge is 2.26. The van der Waals surface area contributed by atoms with Crippen LogP contribution < -0.4 is 5.32 Å². The number of hydrogen-bond acceptors (Lipinski definition) is 6. The second-order valence-electron chi connectivity index (χ2n) is 6.84. The summed E-state index contributed by atoms with van der Waals surface area (Å²) in [6.45, 7) is 5.32. The van der Waals surface area contributed by atoms with Crippen LogP contribution in [-0.2, 0) is 11.2 Å². The fourth-order valence-corrected chi connectivity index (χ4v) is 5.05. The molecule has 138 valence electrons. The van der Waals surface area contributed by atoms with Gasteiger partial charge in [0.25, 0.3) is 5.91 Å². The van der Waals surface area contributed by atoms with Crippen LogP contribution in [0.5, 0.6) is 0 Å². The fourth-order valence-electron chi connectivity index (χ4n) is 3.68. The van der Waals surface area contributed by atoms with Crippen LogP contribution in [0.3, 0.4) is 0 Å². The van der Waals surface area contributed by atoms with Crippen LogP contribution in [0.1, 0.15) is 59.0 Å². The molecule has 0 fully saturated rings. The van der Waals surface area contributed by atoms with Crippen LogP contribution in [0.4, 0.5) is 0 Å². The van der Waals surface area contributed by atoms with E-state index in [1.165, 1.54) is 23.3 Å². The van der Waals surface area contributed by atoms with Crippen LogP contribution in [0.15, 0.2) is 0 Å². The van der Waals surface area contributed by atoms with E-state index in [0.29, 0.717) is 19.1 Å². The average molecular weight is 373 g/mol. The largest absolute Gasteiger partial charge is 0.385 e. The minimum absolute atomic E-state index is 0.197. The molecule has 1 aliphatic carbocycles. The maximum absolute atomic E-state index is 12.4. The van der Waals surface area contributed by atoms with E-state index >= 15 is 0 Å². The fraction of sp³-hybridized carbons (Fsp3) is 0.556. The summed E-state index contributed by atoms with van der Waals surface area (Å²) in [4.78, 5) is 24.1. The molecule has 0 unspecified atom stereocenters. The van der Waals surface area contributed by atoms with Crippen LogP contribution in [0.2, 0.25) is 0 Å². The normalized spacial score (nSPS) is 17.0. The van der Waals surface area contributed by atoms with E-state index < -0.39 is 0 Å². The number of ether oxygens (including phenoxy) is 1. The summed E-state index contributed by atoms with van der Waals surface area (Å²) in [5, 5.41) is 8.35. The first-order valence-corrected chi connectivity index (χ1v) is 9.87. The summed E-state index contributed by atoms with van der Waals surface area (Å²) in [5.41, 5.74) is 2.11. The molecule has 0 saturated heterocycles. The van der Waals surface area contributed by atoms with Gasteiger partial charge in [-0.1, -0.05) is 6.92 Å². The smallest absolute Gasteiger partial charge is 0.290 e. The second-order valence-corrected chi connectivity index (χ2v) is 7.93. The quantitative estimate of drug-likeness (QED) is 0.696. The Morgan fingerprint density at radius 3 is 3.08 bits per heavy atom.